The highest BCUT2D eigenvalue weighted by atomic mass is 79.9. The summed E-state index contributed by atoms with van der Waals surface area (Å²) in [5.74, 6) is 0. The van der Waals surface area contributed by atoms with Gasteiger partial charge in [-0.15, -0.1) is 0 Å². The lowest BCUT2D eigenvalue weighted by Crippen LogP contribution is -2.46. The molecule has 1 saturated heterocycles. The summed E-state index contributed by atoms with van der Waals surface area (Å²) in [6.07, 6.45) is 0.211. The molecule has 18 heavy (non-hydrogen) atoms. The fourth-order valence-electron chi connectivity index (χ4n) is 2.50. The van der Waals surface area contributed by atoms with Gasteiger partial charge in [-0.1, -0.05) is 28.1 Å². The highest BCUT2D eigenvalue weighted by Gasteiger charge is 2.31. The van der Waals surface area contributed by atoms with Gasteiger partial charge in [0, 0.05) is 17.6 Å². The second-order valence-corrected chi connectivity index (χ2v) is 5.76. The molecule has 1 N–H and O–H groups in total. The molecule has 0 aromatic heterocycles. The van der Waals surface area contributed by atoms with Crippen molar-refractivity contribution in [3.8, 4) is 0 Å². The first-order valence-corrected chi connectivity index (χ1v) is 7.15. The molecule has 0 radical (unpaired) electrons. The van der Waals surface area contributed by atoms with E-state index in [0.29, 0.717) is 6.04 Å². The summed E-state index contributed by atoms with van der Waals surface area (Å²) in [6, 6.07) is 6.91. The van der Waals surface area contributed by atoms with Gasteiger partial charge < -0.3 is 10.1 Å². The zero-order valence-corrected chi connectivity index (χ0v) is 12.8. The third-order valence-electron chi connectivity index (χ3n) is 3.55. The smallest absolute Gasteiger partial charge is 0.0896 e. The lowest BCUT2D eigenvalue weighted by molar-refractivity contribution is -0.0606. The molecule has 0 aliphatic carbocycles. The van der Waals surface area contributed by atoms with Crippen LogP contribution in [0.3, 0.4) is 0 Å². The average molecular weight is 313 g/mol. The molecule has 2 atom stereocenters. The summed E-state index contributed by atoms with van der Waals surface area (Å²) < 4.78 is 7.08. The van der Waals surface area contributed by atoms with Crippen LogP contribution in [0.4, 0.5) is 0 Å². The van der Waals surface area contributed by atoms with E-state index in [1.54, 1.807) is 0 Å². The number of halogens is 1. The van der Waals surface area contributed by atoms with Crippen LogP contribution in [-0.4, -0.2) is 44.8 Å². The first kappa shape index (κ1) is 14.0. The molecule has 1 aliphatic rings. The van der Waals surface area contributed by atoms with Gasteiger partial charge in [0.05, 0.1) is 18.8 Å². The highest BCUT2D eigenvalue weighted by molar-refractivity contribution is 9.10. The number of hydrogen-bond acceptors (Lipinski definition) is 3. The van der Waals surface area contributed by atoms with Crippen LogP contribution in [0.15, 0.2) is 22.7 Å². The standard InChI is InChI=1S/C14H21BrN2O/c1-10-4-5-11(8-12(10)15)14-13(9-16-2)18-7-6-17(14)3/h4-5,8,13-14,16H,6-7,9H2,1-3H3. The van der Waals surface area contributed by atoms with Gasteiger partial charge in [-0.25, -0.2) is 0 Å². The van der Waals surface area contributed by atoms with Crippen LogP contribution in [0.5, 0.6) is 0 Å². The van der Waals surface area contributed by atoms with E-state index in [1.165, 1.54) is 15.6 Å². The van der Waals surface area contributed by atoms with Gasteiger partial charge >= 0.3 is 0 Å². The van der Waals surface area contributed by atoms with Gasteiger partial charge in [-0.3, -0.25) is 4.90 Å². The van der Waals surface area contributed by atoms with Gasteiger partial charge in [-0.2, -0.15) is 0 Å². The largest absolute Gasteiger partial charge is 0.374 e. The molecule has 0 spiro atoms. The molecule has 1 aromatic carbocycles. The lowest BCUT2D eigenvalue weighted by atomic mass is 9.97. The van der Waals surface area contributed by atoms with Crippen molar-refractivity contribution in [2.24, 2.45) is 0 Å². The molecule has 1 fully saturated rings. The number of likely N-dealkylation sites (N-methyl/N-ethyl adjacent to an activating group) is 2. The predicted molar refractivity (Wildman–Crippen MR) is 77.9 cm³/mol. The Balaban J connectivity index is 2.28. The first-order chi connectivity index (χ1) is 8.63. The summed E-state index contributed by atoms with van der Waals surface area (Å²) >= 11 is 3.62. The van der Waals surface area contributed by atoms with Crippen molar-refractivity contribution in [3.63, 3.8) is 0 Å². The summed E-state index contributed by atoms with van der Waals surface area (Å²) in [6.45, 7) is 4.78. The number of rotatable bonds is 3. The SMILES string of the molecule is CNCC1OCCN(C)C1c1ccc(C)c(Br)c1. The van der Waals surface area contributed by atoms with E-state index in [0.717, 1.165) is 19.7 Å². The van der Waals surface area contributed by atoms with Crippen molar-refractivity contribution < 1.29 is 4.74 Å². The first-order valence-electron chi connectivity index (χ1n) is 6.36. The molecule has 0 bridgehead atoms. The minimum absolute atomic E-state index is 0.211. The number of nitrogens with one attached hydrogen (secondary N) is 1. The Bertz CT molecular complexity index is 409. The van der Waals surface area contributed by atoms with Crippen molar-refractivity contribution >= 4 is 15.9 Å². The number of benzene rings is 1. The molecule has 0 saturated carbocycles. The number of aryl methyl sites for hydroxylation is 1. The van der Waals surface area contributed by atoms with Crippen LogP contribution in [0.25, 0.3) is 0 Å². The van der Waals surface area contributed by atoms with E-state index < -0.39 is 0 Å². The van der Waals surface area contributed by atoms with Crippen LogP contribution in [0.1, 0.15) is 17.2 Å². The Morgan fingerprint density at radius 1 is 1.50 bits per heavy atom. The van der Waals surface area contributed by atoms with E-state index in [2.05, 4.69) is 58.3 Å². The predicted octanol–water partition coefficient (Wildman–Crippen LogP) is 2.35. The van der Waals surface area contributed by atoms with Crippen molar-refractivity contribution in [1.82, 2.24) is 10.2 Å². The van der Waals surface area contributed by atoms with E-state index in [1.807, 2.05) is 7.05 Å². The van der Waals surface area contributed by atoms with Crippen LogP contribution in [0, 0.1) is 6.92 Å². The zero-order chi connectivity index (χ0) is 13.1. The molecule has 3 nitrogen and oxygen atoms in total. The van der Waals surface area contributed by atoms with Crippen LogP contribution in [0.2, 0.25) is 0 Å². The van der Waals surface area contributed by atoms with Gasteiger partial charge in [0.1, 0.15) is 0 Å². The van der Waals surface area contributed by atoms with Gasteiger partial charge in [-0.05, 0) is 38.2 Å². The quantitative estimate of drug-likeness (QED) is 0.927. The van der Waals surface area contributed by atoms with Crippen molar-refractivity contribution in [2.75, 3.05) is 33.8 Å². The maximum absolute atomic E-state index is 5.91. The molecule has 1 heterocycles. The van der Waals surface area contributed by atoms with Gasteiger partial charge in [0.2, 0.25) is 0 Å². The van der Waals surface area contributed by atoms with Crippen LogP contribution in [-0.2, 0) is 4.74 Å². The highest BCUT2D eigenvalue weighted by Crippen LogP contribution is 2.30. The number of morpholine rings is 1. The molecule has 2 rings (SSSR count). The Morgan fingerprint density at radius 3 is 2.94 bits per heavy atom. The minimum Gasteiger partial charge on any atom is -0.374 e. The van der Waals surface area contributed by atoms with Gasteiger partial charge in [0.15, 0.2) is 0 Å². The van der Waals surface area contributed by atoms with E-state index >= 15 is 0 Å². The number of ether oxygens (including phenoxy) is 1. The second kappa shape index (κ2) is 6.15. The normalized spacial score (nSPS) is 25.3. The van der Waals surface area contributed by atoms with Crippen molar-refractivity contribution in [2.45, 2.75) is 19.1 Å². The third kappa shape index (κ3) is 2.94. The molecular weight excluding hydrogens is 292 g/mol. The van der Waals surface area contributed by atoms with E-state index in [9.17, 15) is 0 Å². The number of nitrogens with zero attached hydrogens (tertiary/aromatic N) is 1. The molecule has 1 aliphatic heterocycles. The third-order valence-corrected chi connectivity index (χ3v) is 4.40. The molecule has 1 aromatic rings. The van der Waals surface area contributed by atoms with Gasteiger partial charge in [0.25, 0.3) is 0 Å². The van der Waals surface area contributed by atoms with Crippen LogP contribution < -0.4 is 5.32 Å². The number of hydrogen-bond donors (Lipinski definition) is 1. The summed E-state index contributed by atoms with van der Waals surface area (Å²) in [4.78, 5) is 2.38. The Morgan fingerprint density at radius 2 is 2.28 bits per heavy atom. The Labute approximate surface area is 118 Å². The van der Waals surface area contributed by atoms with E-state index in [4.69, 9.17) is 4.74 Å². The molecule has 4 heteroatoms. The summed E-state index contributed by atoms with van der Waals surface area (Å²) in [5.41, 5.74) is 2.58. The summed E-state index contributed by atoms with van der Waals surface area (Å²) in [7, 11) is 4.14. The minimum atomic E-state index is 0.211. The van der Waals surface area contributed by atoms with E-state index in [-0.39, 0.29) is 6.10 Å². The Kier molecular flexibility index (Phi) is 4.78. The maximum atomic E-state index is 5.91. The second-order valence-electron chi connectivity index (χ2n) is 4.90. The van der Waals surface area contributed by atoms with Crippen molar-refractivity contribution in [3.05, 3.63) is 33.8 Å². The summed E-state index contributed by atoms with van der Waals surface area (Å²) in [5, 5.41) is 3.22. The monoisotopic (exact) mass is 312 g/mol. The maximum Gasteiger partial charge on any atom is 0.0896 e. The fraction of sp³-hybridized carbons (Fsp3) is 0.571. The molecule has 2 unspecified atom stereocenters. The molecular formula is C14H21BrN2O. The lowest BCUT2D eigenvalue weighted by Gasteiger charge is -2.39. The zero-order valence-electron chi connectivity index (χ0n) is 11.2. The fourth-order valence-corrected chi connectivity index (χ4v) is 2.89. The molecule has 0 amide bonds. The topological polar surface area (TPSA) is 24.5 Å². The average Bonchev–Trinajstić information content (AvgIpc) is 2.34. The van der Waals surface area contributed by atoms with Crippen molar-refractivity contribution in [1.29, 1.82) is 0 Å². The molecule has 100 valence electrons. The Hall–Kier alpha value is -0.420. The van der Waals surface area contributed by atoms with Crippen LogP contribution >= 0.6 is 15.9 Å².